The zero-order valence-electron chi connectivity index (χ0n) is 8.45. The summed E-state index contributed by atoms with van der Waals surface area (Å²) in [7, 11) is 0. The van der Waals surface area contributed by atoms with Crippen LogP contribution in [0, 0.1) is 12.8 Å². The number of carbonyl (C=O) groups excluding carboxylic acids is 1. The lowest BCUT2D eigenvalue weighted by Gasteiger charge is -2.26. The van der Waals surface area contributed by atoms with Gasteiger partial charge in [0.2, 0.25) is 0 Å². The van der Waals surface area contributed by atoms with E-state index in [1.807, 2.05) is 32.0 Å². The Kier molecular flexibility index (Phi) is 2.16. The first-order valence-corrected chi connectivity index (χ1v) is 4.91. The molecule has 0 aromatic heterocycles. The van der Waals surface area contributed by atoms with Gasteiger partial charge < -0.3 is 5.11 Å². The highest BCUT2D eigenvalue weighted by Crippen LogP contribution is 2.34. The molecule has 0 heterocycles. The van der Waals surface area contributed by atoms with E-state index in [0.717, 1.165) is 11.1 Å². The van der Waals surface area contributed by atoms with Crippen molar-refractivity contribution >= 4 is 5.78 Å². The molecule has 2 heteroatoms. The minimum Gasteiger partial charge on any atom is -0.388 e. The Balaban J connectivity index is 2.56. The maximum atomic E-state index is 11.6. The van der Waals surface area contributed by atoms with E-state index in [1.165, 1.54) is 0 Å². The van der Waals surface area contributed by atoms with Crippen molar-refractivity contribution in [2.45, 2.75) is 26.4 Å². The number of hydrogen-bond donors (Lipinski definition) is 1. The molecule has 1 aliphatic carbocycles. The summed E-state index contributed by atoms with van der Waals surface area (Å²) in [5, 5.41) is 9.92. The molecule has 2 atom stereocenters. The Bertz CT molecular complexity index is 382. The second-order valence-corrected chi connectivity index (χ2v) is 4.14. The number of aliphatic hydroxyl groups excluding tert-OH is 1. The summed E-state index contributed by atoms with van der Waals surface area (Å²) in [6.45, 7) is 3.88. The van der Waals surface area contributed by atoms with Crippen molar-refractivity contribution in [2.24, 2.45) is 5.92 Å². The van der Waals surface area contributed by atoms with E-state index in [0.29, 0.717) is 12.0 Å². The van der Waals surface area contributed by atoms with Crippen molar-refractivity contribution in [2.75, 3.05) is 0 Å². The van der Waals surface area contributed by atoms with Gasteiger partial charge in [0, 0.05) is 12.0 Å². The van der Waals surface area contributed by atoms with Gasteiger partial charge in [-0.05, 0) is 18.4 Å². The molecule has 0 aliphatic heterocycles. The Hall–Kier alpha value is -1.15. The average molecular weight is 190 g/mol. The van der Waals surface area contributed by atoms with E-state index in [2.05, 4.69) is 0 Å². The topological polar surface area (TPSA) is 37.3 Å². The van der Waals surface area contributed by atoms with Crippen LogP contribution in [0.4, 0.5) is 0 Å². The number of rotatable bonds is 0. The molecule has 0 unspecified atom stereocenters. The summed E-state index contributed by atoms with van der Waals surface area (Å²) < 4.78 is 0. The number of ketones is 1. The quantitative estimate of drug-likeness (QED) is 0.681. The van der Waals surface area contributed by atoms with Gasteiger partial charge in [0.05, 0.1) is 6.10 Å². The van der Waals surface area contributed by atoms with Crippen LogP contribution in [0.5, 0.6) is 0 Å². The number of hydrogen-bond acceptors (Lipinski definition) is 2. The van der Waals surface area contributed by atoms with Crippen molar-refractivity contribution in [3.8, 4) is 0 Å². The largest absolute Gasteiger partial charge is 0.388 e. The fourth-order valence-electron chi connectivity index (χ4n) is 2.00. The van der Waals surface area contributed by atoms with E-state index >= 15 is 0 Å². The predicted molar refractivity (Wildman–Crippen MR) is 54.3 cm³/mol. The minimum atomic E-state index is -0.484. The number of Topliss-reactive ketones (excluding diaryl/α,β-unsaturated/α-hetero) is 1. The normalized spacial score (nSPS) is 26.1. The summed E-state index contributed by atoms with van der Waals surface area (Å²) >= 11 is 0. The molecule has 2 rings (SSSR count). The monoisotopic (exact) mass is 190 g/mol. The maximum Gasteiger partial charge on any atom is 0.163 e. The van der Waals surface area contributed by atoms with Crippen LogP contribution >= 0.6 is 0 Å². The highest BCUT2D eigenvalue weighted by Gasteiger charge is 2.29. The smallest absolute Gasteiger partial charge is 0.163 e. The Morgan fingerprint density at radius 1 is 1.43 bits per heavy atom. The molecule has 0 saturated carbocycles. The number of aryl methyl sites for hydroxylation is 1. The molecule has 1 aromatic rings. The summed E-state index contributed by atoms with van der Waals surface area (Å²) in [5.41, 5.74) is 2.58. The molecule has 1 aromatic carbocycles. The molecule has 0 bridgehead atoms. The van der Waals surface area contributed by atoms with Crippen LogP contribution in [0.2, 0.25) is 0 Å². The molecule has 0 fully saturated rings. The van der Waals surface area contributed by atoms with Crippen molar-refractivity contribution in [3.63, 3.8) is 0 Å². The van der Waals surface area contributed by atoms with E-state index in [1.54, 1.807) is 0 Å². The molecule has 74 valence electrons. The summed E-state index contributed by atoms with van der Waals surface area (Å²) in [4.78, 5) is 11.6. The lowest BCUT2D eigenvalue weighted by atomic mass is 9.81. The number of aliphatic hydroxyl groups is 1. The Labute approximate surface area is 83.6 Å². The van der Waals surface area contributed by atoms with Gasteiger partial charge in [0.1, 0.15) is 0 Å². The van der Waals surface area contributed by atoms with Gasteiger partial charge in [-0.3, -0.25) is 4.79 Å². The van der Waals surface area contributed by atoms with E-state index in [9.17, 15) is 9.90 Å². The van der Waals surface area contributed by atoms with Crippen LogP contribution in [-0.2, 0) is 0 Å². The van der Waals surface area contributed by atoms with E-state index < -0.39 is 6.10 Å². The third-order valence-electron chi connectivity index (χ3n) is 2.87. The molecule has 0 spiro atoms. The third-order valence-corrected chi connectivity index (χ3v) is 2.87. The fourth-order valence-corrected chi connectivity index (χ4v) is 2.00. The maximum absolute atomic E-state index is 11.6. The lowest BCUT2D eigenvalue weighted by Crippen LogP contribution is -2.23. The van der Waals surface area contributed by atoms with Crippen molar-refractivity contribution < 1.29 is 9.90 Å². The van der Waals surface area contributed by atoms with Gasteiger partial charge in [0.15, 0.2) is 5.78 Å². The first-order valence-electron chi connectivity index (χ1n) is 4.91. The first-order chi connectivity index (χ1) is 6.59. The Morgan fingerprint density at radius 3 is 2.86 bits per heavy atom. The predicted octanol–water partition coefficient (Wildman–Crippen LogP) is 2.25. The highest BCUT2D eigenvalue weighted by molar-refractivity contribution is 5.98. The van der Waals surface area contributed by atoms with Gasteiger partial charge in [-0.1, -0.05) is 30.7 Å². The molecule has 0 radical (unpaired) electrons. The second-order valence-electron chi connectivity index (χ2n) is 4.14. The van der Waals surface area contributed by atoms with Gasteiger partial charge in [-0.2, -0.15) is 0 Å². The highest BCUT2D eigenvalue weighted by atomic mass is 16.3. The summed E-state index contributed by atoms with van der Waals surface area (Å²) in [6, 6.07) is 5.65. The van der Waals surface area contributed by atoms with E-state index in [-0.39, 0.29) is 11.7 Å². The minimum absolute atomic E-state index is 0.0387. The molecular formula is C12H14O2. The zero-order chi connectivity index (χ0) is 10.3. The van der Waals surface area contributed by atoms with Gasteiger partial charge in [0.25, 0.3) is 0 Å². The molecular weight excluding hydrogens is 176 g/mol. The molecule has 14 heavy (non-hydrogen) atoms. The average Bonchev–Trinajstić information content (AvgIpc) is 2.14. The standard InChI is InChI=1S/C12H14O2/c1-7-3-4-9-10(5-7)12(14)8(2)6-11(9)13/h3-5,8,12,14H,6H2,1-2H3/t8-,12+/m0/s1. The van der Waals surface area contributed by atoms with Crippen molar-refractivity contribution in [1.29, 1.82) is 0 Å². The number of carbonyl (C=O) groups is 1. The van der Waals surface area contributed by atoms with Crippen LogP contribution in [-0.4, -0.2) is 10.9 Å². The molecule has 0 amide bonds. The first kappa shape index (κ1) is 9.41. The number of fused-ring (bicyclic) bond motifs is 1. The molecule has 1 aliphatic rings. The summed E-state index contributed by atoms with van der Waals surface area (Å²) in [6.07, 6.45) is -0.0281. The van der Waals surface area contributed by atoms with Crippen LogP contribution in [0.15, 0.2) is 18.2 Å². The van der Waals surface area contributed by atoms with Crippen molar-refractivity contribution in [3.05, 3.63) is 34.9 Å². The Morgan fingerprint density at radius 2 is 2.14 bits per heavy atom. The molecule has 0 saturated heterocycles. The lowest BCUT2D eigenvalue weighted by molar-refractivity contribution is 0.0751. The molecule has 2 nitrogen and oxygen atoms in total. The number of benzene rings is 1. The third kappa shape index (κ3) is 1.36. The second kappa shape index (κ2) is 3.21. The fraction of sp³-hybridized carbons (Fsp3) is 0.417. The van der Waals surface area contributed by atoms with Crippen LogP contribution in [0.1, 0.15) is 40.9 Å². The molecule has 1 N–H and O–H groups in total. The zero-order valence-corrected chi connectivity index (χ0v) is 8.45. The van der Waals surface area contributed by atoms with E-state index in [4.69, 9.17) is 0 Å². The van der Waals surface area contributed by atoms with Gasteiger partial charge in [-0.25, -0.2) is 0 Å². The van der Waals surface area contributed by atoms with Gasteiger partial charge >= 0.3 is 0 Å². The SMILES string of the molecule is Cc1ccc2c(c1)[C@H](O)[C@@H](C)CC2=O. The van der Waals surface area contributed by atoms with Crippen LogP contribution < -0.4 is 0 Å². The summed E-state index contributed by atoms with van der Waals surface area (Å²) in [5.74, 6) is 0.189. The van der Waals surface area contributed by atoms with Crippen molar-refractivity contribution in [1.82, 2.24) is 0 Å². The van der Waals surface area contributed by atoms with Crippen LogP contribution in [0.3, 0.4) is 0 Å². The van der Waals surface area contributed by atoms with Gasteiger partial charge in [-0.15, -0.1) is 0 Å². The van der Waals surface area contributed by atoms with Crippen LogP contribution in [0.25, 0.3) is 0 Å².